The first-order valence-corrected chi connectivity index (χ1v) is 4.20. The zero-order chi connectivity index (χ0) is 8.27. The second-order valence-corrected chi connectivity index (χ2v) is 2.75. The molecule has 4 heteroatoms. The predicted octanol–water partition coefficient (Wildman–Crippen LogP) is 1.65. The van der Waals surface area contributed by atoms with Gasteiger partial charge in [-0.25, -0.2) is 4.39 Å². The molecule has 0 aliphatic heterocycles. The van der Waals surface area contributed by atoms with E-state index in [1.165, 1.54) is 12.3 Å². The van der Waals surface area contributed by atoms with Crippen molar-refractivity contribution in [3.05, 3.63) is 29.8 Å². The van der Waals surface area contributed by atoms with E-state index in [4.69, 9.17) is 0 Å². The van der Waals surface area contributed by atoms with Crippen molar-refractivity contribution in [2.75, 3.05) is 5.33 Å². The van der Waals surface area contributed by atoms with E-state index < -0.39 is 11.9 Å². The van der Waals surface area contributed by atoms with E-state index >= 15 is 0 Å². The molecule has 2 nitrogen and oxygen atoms in total. The first-order valence-electron chi connectivity index (χ1n) is 3.08. The van der Waals surface area contributed by atoms with Gasteiger partial charge in [-0.15, -0.1) is 0 Å². The summed E-state index contributed by atoms with van der Waals surface area (Å²) in [5.74, 6) is -0.428. The summed E-state index contributed by atoms with van der Waals surface area (Å²) in [5.41, 5.74) is 0.488. The molecule has 1 N–H and O–H groups in total. The molecule has 0 aromatic carbocycles. The number of aliphatic hydroxyl groups excluding tert-OH is 1. The van der Waals surface area contributed by atoms with Crippen molar-refractivity contribution in [1.29, 1.82) is 0 Å². The van der Waals surface area contributed by atoms with Crippen LogP contribution in [0.4, 0.5) is 4.39 Å². The fraction of sp³-hybridized carbons (Fsp3) is 0.286. The van der Waals surface area contributed by atoms with Crippen LogP contribution in [-0.4, -0.2) is 15.4 Å². The lowest BCUT2D eigenvalue weighted by Gasteiger charge is -2.04. The molecule has 1 aromatic heterocycles. The minimum Gasteiger partial charge on any atom is -0.387 e. The second kappa shape index (κ2) is 3.78. The summed E-state index contributed by atoms with van der Waals surface area (Å²) >= 11 is 3.08. The Balaban J connectivity index is 2.86. The predicted molar refractivity (Wildman–Crippen MR) is 42.9 cm³/mol. The molecule has 1 aromatic rings. The van der Waals surface area contributed by atoms with Crippen LogP contribution in [0, 0.1) is 5.82 Å². The zero-order valence-corrected chi connectivity index (χ0v) is 7.25. The fourth-order valence-corrected chi connectivity index (χ4v) is 1.07. The van der Waals surface area contributed by atoms with E-state index in [1.54, 1.807) is 0 Å². The lowest BCUT2D eigenvalue weighted by molar-refractivity contribution is 0.204. The molecule has 60 valence electrons. The summed E-state index contributed by atoms with van der Waals surface area (Å²) in [6.45, 7) is 0. The first kappa shape index (κ1) is 8.62. The molecule has 0 aliphatic rings. The van der Waals surface area contributed by atoms with Gasteiger partial charge in [-0.2, -0.15) is 0 Å². The van der Waals surface area contributed by atoms with Crippen molar-refractivity contribution in [1.82, 2.24) is 4.98 Å². The molecule has 0 fully saturated rings. The number of nitrogens with zero attached hydrogens (tertiary/aromatic N) is 1. The van der Waals surface area contributed by atoms with Crippen molar-refractivity contribution in [2.45, 2.75) is 6.10 Å². The van der Waals surface area contributed by atoms with Crippen LogP contribution in [0.25, 0.3) is 0 Å². The van der Waals surface area contributed by atoms with Crippen molar-refractivity contribution in [3.8, 4) is 0 Å². The van der Waals surface area contributed by atoms with Gasteiger partial charge in [0.15, 0.2) is 0 Å². The van der Waals surface area contributed by atoms with E-state index in [0.29, 0.717) is 10.9 Å². The maximum Gasteiger partial charge on any atom is 0.141 e. The standard InChI is InChI=1S/C7H7BrFNO/c8-2-7(11)5-1-6(9)4-10-3-5/h1,3-4,7,11H,2H2. The van der Waals surface area contributed by atoms with Crippen LogP contribution >= 0.6 is 15.9 Å². The van der Waals surface area contributed by atoms with Crippen LogP contribution < -0.4 is 0 Å². The van der Waals surface area contributed by atoms with Crippen LogP contribution in [-0.2, 0) is 0 Å². The summed E-state index contributed by atoms with van der Waals surface area (Å²) in [7, 11) is 0. The summed E-state index contributed by atoms with van der Waals surface area (Å²) in [6, 6.07) is 1.26. The number of aliphatic hydroxyl groups is 1. The molecule has 1 atom stereocenters. The molecular formula is C7H7BrFNO. The quantitative estimate of drug-likeness (QED) is 0.768. The Kier molecular flexibility index (Phi) is 2.96. The third-order valence-corrected chi connectivity index (χ3v) is 1.87. The average molecular weight is 220 g/mol. The van der Waals surface area contributed by atoms with Crippen LogP contribution in [0.5, 0.6) is 0 Å². The fourth-order valence-electron chi connectivity index (χ4n) is 0.700. The highest BCUT2D eigenvalue weighted by molar-refractivity contribution is 9.09. The van der Waals surface area contributed by atoms with Gasteiger partial charge in [-0.05, 0) is 6.07 Å². The maximum absolute atomic E-state index is 12.5. The average Bonchev–Trinajstić information content (AvgIpc) is 2.03. The van der Waals surface area contributed by atoms with E-state index in [0.717, 1.165) is 6.20 Å². The Bertz CT molecular complexity index is 244. The third-order valence-electron chi connectivity index (χ3n) is 1.26. The van der Waals surface area contributed by atoms with Crippen LogP contribution in [0.15, 0.2) is 18.5 Å². The van der Waals surface area contributed by atoms with Crippen LogP contribution in [0.3, 0.4) is 0 Å². The van der Waals surface area contributed by atoms with E-state index in [-0.39, 0.29) is 0 Å². The van der Waals surface area contributed by atoms with Gasteiger partial charge in [0.05, 0.1) is 12.3 Å². The van der Waals surface area contributed by atoms with Crippen molar-refractivity contribution >= 4 is 15.9 Å². The van der Waals surface area contributed by atoms with Gasteiger partial charge >= 0.3 is 0 Å². The van der Waals surface area contributed by atoms with Gasteiger partial charge in [-0.1, -0.05) is 15.9 Å². The van der Waals surface area contributed by atoms with Crippen molar-refractivity contribution < 1.29 is 9.50 Å². The SMILES string of the molecule is OC(CBr)c1cncc(F)c1. The molecule has 0 saturated heterocycles. The summed E-state index contributed by atoms with van der Waals surface area (Å²) in [6.07, 6.45) is 1.86. The summed E-state index contributed by atoms with van der Waals surface area (Å²) < 4.78 is 12.5. The Morgan fingerprint density at radius 2 is 2.36 bits per heavy atom. The Morgan fingerprint density at radius 1 is 1.64 bits per heavy atom. The lowest BCUT2D eigenvalue weighted by Crippen LogP contribution is -1.99. The van der Waals surface area contributed by atoms with Gasteiger partial charge in [-0.3, -0.25) is 4.98 Å². The molecule has 11 heavy (non-hydrogen) atoms. The Morgan fingerprint density at radius 3 is 2.91 bits per heavy atom. The highest BCUT2D eigenvalue weighted by atomic mass is 79.9. The molecule has 0 spiro atoms. The zero-order valence-electron chi connectivity index (χ0n) is 5.67. The van der Waals surface area contributed by atoms with E-state index in [2.05, 4.69) is 20.9 Å². The summed E-state index contributed by atoms with van der Waals surface area (Å²) in [4.78, 5) is 3.60. The van der Waals surface area contributed by atoms with Gasteiger partial charge < -0.3 is 5.11 Å². The molecule has 1 rings (SSSR count). The number of hydrogen-bond acceptors (Lipinski definition) is 2. The maximum atomic E-state index is 12.5. The molecule has 0 aliphatic carbocycles. The Labute approximate surface area is 72.2 Å². The number of rotatable bonds is 2. The molecule has 1 heterocycles. The molecule has 0 saturated carbocycles. The van der Waals surface area contributed by atoms with Gasteiger partial charge in [0.2, 0.25) is 0 Å². The minimum atomic E-state index is -0.682. The smallest absolute Gasteiger partial charge is 0.141 e. The van der Waals surface area contributed by atoms with Gasteiger partial charge in [0, 0.05) is 17.1 Å². The monoisotopic (exact) mass is 219 g/mol. The van der Waals surface area contributed by atoms with E-state index in [1.807, 2.05) is 0 Å². The largest absolute Gasteiger partial charge is 0.387 e. The number of pyridine rings is 1. The van der Waals surface area contributed by atoms with Crippen LogP contribution in [0.2, 0.25) is 0 Å². The van der Waals surface area contributed by atoms with Gasteiger partial charge in [0.1, 0.15) is 5.82 Å². The number of halogens is 2. The third kappa shape index (κ3) is 2.24. The number of hydrogen-bond donors (Lipinski definition) is 1. The van der Waals surface area contributed by atoms with Crippen molar-refractivity contribution in [3.63, 3.8) is 0 Å². The molecule has 0 radical (unpaired) electrons. The lowest BCUT2D eigenvalue weighted by atomic mass is 10.2. The van der Waals surface area contributed by atoms with Crippen molar-refractivity contribution in [2.24, 2.45) is 0 Å². The van der Waals surface area contributed by atoms with E-state index in [9.17, 15) is 9.50 Å². The molecular weight excluding hydrogens is 213 g/mol. The topological polar surface area (TPSA) is 33.1 Å². The second-order valence-electron chi connectivity index (χ2n) is 2.11. The summed E-state index contributed by atoms with van der Waals surface area (Å²) in [5, 5.41) is 9.59. The highest BCUT2D eigenvalue weighted by Crippen LogP contribution is 2.14. The Hall–Kier alpha value is -0.480. The molecule has 1 unspecified atom stereocenters. The number of aromatic nitrogens is 1. The molecule has 0 amide bonds. The first-order chi connectivity index (χ1) is 5.24. The molecule has 0 bridgehead atoms. The number of alkyl halides is 1. The van der Waals surface area contributed by atoms with Crippen LogP contribution in [0.1, 0.15) is 11.7 Å². The highest BCUT2D eigenvalue weighted by Gasteiger charge is 2.05. The van der Waals surface area contributed by atoms with Gasteiger partial charge in [0.25, 0.3) is 0 Å². The minimum absolute atomic E-state index is 0.387. The normalized spacial score (nSPS) is 13.0.